The second kappa shape index (κ2) is 16.7. The van der Waals surface area contributed by atoms with Gasteiger partial charge in [-0.3, -0.25) is 25.2 Å². The number of ether oxygens (including phenoxy) is 3. The van der Waals surface area contributed by atoms with Gasteiger partial charge in [-0.05, 0) is 81.8 Å². The summed E-state index contributed by atoms with van der Waals surface area (Å²) < 4.78 is 16.0. The summed E-state index contributed by atoms with van der Waals surface area (Å²) in [6, 6.07) is 21.2. The van der Waals surface area contributed by atoms with Crippen molar-refractivity contribution in [3.8, 4) is 11.5 Å². The number of carbonyl (C=O) groups excluding carboxylic acids is 5. The zero-order valence-electron chi connectivity index (χ0n) is 25.4. The third kappa shape index (κ3) is 12.6. The number of benzene rings is 3. The molecule has 0 aliphatic carbocycles. The van der Waals surface area contributed by atoms with E-state index in [0.717, 1.165) is 0 Å². The number of amides is 4. The molecule has 0 aliphatic rings. The van der Waals surface area contributed by atoms with Crippen molar-refractivity contribution in [2.45, 2.75) is 45.8 Å². The first-order valence-corrected chi connectivity index (χ1v) is 15.0. The number of thioether (sulfide) groups is 1. The number of rotatable bonds is 11. The van der Waals surface area contributed by atoms with Gasteiger partial charge in [0.2, 0.25) is 5.91 Å². The van der Waals surface area contributed by atoms with Crippen LogP contribution >= 0.6 is 11.8 Å². The first kappa shape index (κ1) is 34.5. The Balaban J connectivity index is 1.52. The Morgan fingerprint density at radius 2 is 1.47 bits per heavy atom. The summed E-state index contributed by atoms with van der Waals surface area (Å²) in [6.45, 7) is 7.03. The molecule has 4 N–H and O–H groups in total. The molecule has 13 heteroatoms. The minimum Gasteiger partial charge on any atom is -0.462 e. The Labute approximate surface area is 265 Å². The molecule has 0 fully saturated rings. The van der Waals surface area contributed by atoms with Gasteiger partial charge in [-0.1, -0.05) is 42.1 Å². The highest BCUT2D eigenvalue weighted by Crippen LogP contribution is 2.22. The fourth-order valence-corrected chi connectivity index (χ4v) is 4.14. The van der Waals surface area contributed by atoms with Crippen molar-refractivity contribution >= 4 is 46.6 Å². The summed E-state index contributed by atoms with van der Waals surface area (Å²) in [5, 5.41) is 4.45. The molecule has 238 valence electrons. The van der Waals surface area contributed by atoms with E-state index < -0.39 is 40.8 Å². The van der Waals surface area contributed by atoms with Crippen LogP contribution in [0.25, 0.3) is 0 Å². The highest BCUT2D eigenvalue weighted by atomic mass is 32.2. The predicted octanol–water partition coefficient (Wildman–Crippen LogP) is 5.20. The summed E-state index contributed by atoms with van der Waals surface area (Å²) >= 11 is 0.623. The van der Waals surface area contributed by atoms with E-state index in [1.54, 1.807) is 52.0 Å². The van der Waals surface area contributed by atoms with Crippen molar-refractivity contribution in [1.29, 1.82) is 0 Å². The van der Waals surface area contributed by atoms with Crippen LogP contribution in [0, 0.1) is 0 Å². The summed E-state index contributed by atoms with van der Waals surface area (Å²) in [6.07, 6.45) is -0.726. The molecule has 0 heterocycles. The number of para-hydroxylation sites is 1. The van der Waals surface area contributed by atoms with Crippen LogP contribution in [0.1, 0.15) is 43.6 Å². The highest BCUT2D eigenvalue weighted by molar-refractivity contribution is 8.14. The van der Waals surface area contributed by atoms with E-state index in [1.807, 2.05) is 30.3 Å². The number of hydrogen-bond donors (Lipinski definition) is 4. The van der Waals surface area contributed by atoms with Gasteiger partial charge in [0, 0.05) is 12.1 Å². The molecule has 0 aliphatic heterocycles. The molecular weight excluding hydrogens is 600 g/mol. The largest absolute Gasteiger partial charge is 0.462 e. The summed E-state index contributed by atoms with van der Waals surface area (Å²) in [4.78, 5) is 61.9. The highest BCUT2D eigenvalue weighted by Gasteiger charge is 2.25. The van der Waals surface area contributed by atoms with Gasteiger partial charge in [-0.2, -0.15) is 0 Å². The Hall–Kier alpha value is -5.04. The average molecular weight is 637 g/mol. The molecule has 0 saturated carbocycles. The second-order valence-electron chi connectivity index (χ2n) is 10.5. The number of carbonyl (C=O) groups is 5. The third-order valence-corrected chi connectivity index (χ3v) is 6.42. The van der Waals surface area contributed by atoms with Crippen LogP contribution in [-0.2, 0) is 25.5 Å². The lowest BCUT2D eigenvalue weighted by atomic mass is 10.1. The molecule has 3 aromatic rings. The number of anilines is 1. The summed E-state index contributed by atoms with van der Waals surface area (Å²) in [5.41, 5.74) is 5.21. The maximum absolute atomic E-state index is 13.0. The fraction of sp³-hybridized carbons (Fsp3) is 0.281. The van der Waals surface area contributed by atoms with Gasteiger partial charge in [-0.25, -0.2) is 9.59 Å². The molecule has 1 atom stereocenters. The minimum absolute atomic E-state index is 0.0804. The molecule has 0 aromatic heterocycles. The van der Waals surface area contributed by atoms with E-state index in [1.165, 1.54) is 24.3 Å². The third-order valence-electron chi connectivity index (χ3n) is 5.65. The molecule has 0 saturated heterocycles. The van der Waals surface area contributed by atoms with Crippen LogP contribution < -0.4 is 26.2 Å². The van der Waals surface area contributed by atoms with Gasteiger partial charge in [0.25, 0.3) is 11.1 Å². The molecule has 0 radical (unpaired) electrons. The Morgan fingerprint density at radius 3 is 2.09 bits per heavy atom. The lowest BCUT2D eigenvalue weighted by Gasteiger charge is -2.23. The summed E-state index contributed by atoms with van der Waals surface area (Å²) in [5.74, 6) is -0.643. The van der Waals surface area contributed by atoms with Crippen LogP contribution in [0.15, 0.2) is 78.9 Å². The molecule has 0 bridgehead atoms. The molecule has 3 aromatic carbocycles. The zero-order valence-corrected chi connectivity index (χ0v) is 26.2. The minimum atomic E-state index is -1.10. The van der Waals surface area contributed by atoms with Crippen LogP contribution in [0.4, 0.5) is 15.3 Å². The predicted molar refractivity (Wildman–Crippen MR) is 170 cm³/mol. The van der Waals surface area contributed by atoms with Gasteiger partial charge in [-0.15, -0.1) is 0 Å². The number of nitrogens with one attached hydrogen (secondary N) is 4. The monoisotopic (exact) mass is 636 g/mol. The van der Waals surface area contributed by atoms with Crippen LogP contribution in [0.2, 0.25) is 0 Å². The number of hydrogen-bond acceptors (Lipinski definition) is 9. The Kier molecular flexibility index (Phi) is 12.8. The van der Waals surface area contributed by atoms with Crippen molar-refractivity contribution in [1.82, 2.24) is 16.2 Å². The smallest absolute Gasteiger partial charge is 0.408 e. The van der Waals surface area contributed by atoms with Gasteiger partial charge in [0.05, 0.1) is 17.9 Å². The first-order valence-electron chi connectivity index (χ1n) is 14.0. The van der Waals surface area contributed by atoms with Crippen LogP contribution in [-0.4, -0.2) is 53.1 Å². The van der Waals surface area contributed by atoms with Gasteiger partial charge >= 0.3 is 12.1 Å². The first-order chi connectivity index (χ1) is 21.4. The Morgan fingerprint density at radius 1 is 0.822 bits per heavy atom. The lowest BCUT2D eigenvalue weighted by Crippen LogP contribution is -2.53. The number of esters is 1. The normalized spacial score (nSPS) is 11.4. The van der Waals surface area contributed by atoms with E-state index >= 15 is 0 Å². The van der Waals surface area contributed by atoms with E-state index in [0.29, 0.717) is 40.1 Å². The van der Waals surface area contributed by atoms with Crippen LogP contribution in [0.3, 0.4) is 0 Å². The zero-order chi connectivity index (χ0) is 32.8. The standard InChI is InChI=1S/C32H36N4O8S/c1-5-42-29(39)22-13-15-23(16-14-22)33-27(37)20-45-31(41)36-35-28(38)26(34-30(40)44-32(2,3)4)19-21-11-17-25(18-12-21)43-24-9-7-6-8-10-24/h6-18,26H,5,19-20H2,1-4H3,(H,33,37)(H,34,40)(H,35,38)(H,36,41)/t26-/m0/s1. The molecule has 0 spiro atoms. The van der Waals surface area contributed by atoms with E-state index in [-0.39, 0.29) is 18.8 Å². The maximum Gasteiger partial charge on any atom is 0.408 e. The molecular formula is C32H36N4O8S. The SMILES string of the molecule is CCOC(=O)c1ccc(NC(=O)CSC(=O)NNC(=O)[C@H](Cc2ccc(Oc3ccccc3)cc2)NC(=O)OC(C)(C)C)cc1. The van der Waals surface area contributed by atoms with Crippen LogP contribution in [0.5, 0.6) is 11.5 Å². The molecule has 45 heavy (non-hydrogen) atoms. The van der Waals surface area contributed by atoms with Gasteiger partial charge in [0.15, 0.2) is 0 Å². The van der Waals surface area contributed by atoms with Crippen molar-refractivity contribution in [2.75, 3.05) is 17.7 Å². The number of hydrazine groups is 1. The van der Waals surface area contributed by atoms with Crippen molar-refractivity contribution < 1.29 is 38.2 Å². The van der Waals surface area contributed by atoms with E-state index in [2.05, 4.69) is 21.5 Å². The molecule has 0 unspecified atom stereocenters. The summed E-state index contributed by atoms with van der Waals surface area (Å²) in [7, 11) is 0. The molecule has 12 nitrogen and oxygen atoms in total. The van der Waals surface area contributed by atoms with Crippen molar-refractivity contribution in [3.63, 3.8) is 0 Å². The maximum atomic E-state index is 13.0. The average Bonchev–Trinajstić information content (AvgIpc) is 2.99. The van der Waals surface area contributed by atoms with Crippen molar-refractivity contribution in [3.05, 3.63) is 90.0 Å². The van der Waals surface area contributed by atoms with E-state index in [4.69, 9.17) is 14.2 Å². The fourth-order valence-electron chi connectivity index (χ4n) is 3.68. The number of alkyl carbamates (subject to hydrolysis) is 1. The lowest BCUT2D eigenvalue weighted by molar-refractivity contribution is -0.123. The van der Waals surface area contributed by atoms with Gasteiger partial charge in [0.1, 0.15) is 23.1 Å². The van der Waals surface area contributed by atoms with Gasteiger partial charge < -0.3 is 24.8 Å². The topological polar surface area (TPSA) is 161 Å². The van der Waals surface area contributed by atoms with E-state index in [9.17, 15) is 24.0 Å². The molecule has 3 rings (SSSR count). The van der Waals surface area contributed by atoms with Crippen molar-refractivity contribution in [2.24, 2.45) is 0 Å². The quantitative estimate of drug-likeness (QED) is 0.164. The Bertz CT molecular complexity index is 1460. The second-order valence-corrected chi connectivity index (χ2v) is 11.4. The molecule has 4 amide bonds.